The molecule has 0 aliphatic rings. The van der Waals surface area contributed by atoms with E-state index in [-0.39, 0.29) is 5.92 Å². The van der Waals surface area contributed by atoms with Crippen LogP contribution in [0.3, 0.4) is 0 Å². The molecule has 0 fully saturated rings. The van der Waals surface area contributed by atoms with Crippen molar-refractivity contribution in [2.75, 3.05) is 0 Å². The fourth-order valence-corrected chi connectivity index (χ4v) is 2.35. The lowest BCUT2D eigenvalue weighted by atomic mass is 9.98. The van der Waals surface area contributed by atoms with Gasteiger partial charge in [0.1, 0.15) is 6.29 Å². The van der Waals surface area contributed by atoms with Gasteiger partial charge in [-0.3, -0.25) is 0 Å². The third-order valence-corrected chi connectivity index (χ3v) is 3.59. The molecule has 0 saturated heterocycles. The third kappa shape index (κ3) is 11.9. The molecule has 0 heterocycles. The minimum Gasteiger partial charge on any atom is -0.303 e. The smallest absolute Gasteiger partial charge is 0.123 e. The maximum Gasteiger partial charge on any atom is 0.123 e. The molecule has 0 aromatic carbocycles. The number of hydrogen-bond acceptors (Lipinski definition) is 1. The Morgan fingerprint density at radius 3 is 1.83 bits per heavy atom. The minimum absolute atomic E-state index is 0.219. The van der Waals surface area contributed by atoms with Gasteiger partial charge in [0.15, 0.2) is 0 Å². The predicted molar refractivity (Wildman–Crippen MR) is 80.8 cm³/mol. The van der Waals surface area contributed by atoms with Crippen LogP contribution in [0.15, 0.2) is 12.7 Å². The molecule has 0 rings (SSSR count). The molecule has 0 saturated carbocycles. The van der Waals surface area contributed by atoms with Crippen LogP contribution in [0, 0.1) is 5.92 Å². The standard InChI is InChI=1S/C17H32O/c1-3-5-6-7-8-9-10-11-12-13-15-17(16-18)14-4-2/h4,16-17H,2-3,5-15H2,1H3. The van der Waals surface area contributed by atoms with Crippen LogP contribution in [0.4, 0.5) is 0 Å². The normalized spacial score (nSPS) is 12.3. The van der Waals surface area contributed by atoms with Gasteiger partial charge in [-0.15, -0.1) is 6.58 Å². The largest absolute Gasteiger partial charge is 0.303 e. The molecule has 18 heavy (non-hydrogen) atoms. The van der Waals surface area contributed by atoms with E-state index in [1.165, 1.54) is 64.2 Å². The van der Waals surface area contributed by atoms with Crippen LogP contribution >= 0.6 is 0 Å². The Balaban J connectivity index is 3.15. The molecule has 1 atom stereocenters. The highest BCUT2D eigenvalue weighted by Crippen LogP contribution is 2.15. The summed E-state index contributed by atoms with van der Waals surface area (Å²) < 4.78 is 0. The molecule has 0 radical (unpaired) electrons. The molecule has 0 aliphatic heterocycles. The van der Waals surface area contributed by atoms with E-state index in [1.807, 2.05) is 6.08 Å². The number of hydrogen-bond donors (Lipinski definition) is 0. The minimum atomic E-state index is 0.219. The van der Waals surface area contributed by atoms with Crippen LogP contribution < -0.4 is 0 Å². The van der Waals surface area contributed by atoms with Gasteiger partial charge in [0.2, 0.25) is 0 Å². The van der Waals surface area contributed by atoms with Crippen LogP contribution in [0.5, 0.6) is 0 Å². The molecule has 0 aromatic rings. The van der Waals surface area contributed by atoms with E-state index in [1.54, 1.807) is 0 Å². The molecule has 0 bridgehead atoms. The van der Waals surface area contributed by atoms with Crippen molar-refractivity contribution < 1.29 is 4.79 Å². The van der Waals surface area contributed by atoms with Gasteiger partial charge in [0, 0.05) is 5.92 Å². The zero-order valence-corrected chi connectivity index (χ0v) is 12.3. The lowest BCUT2D eigenvalue weighted by Gasteiger charge is -2.06. The molecular formula is C17H32O. The highest BCUT2D eigenvalue weighted by molar-refractivity contribution is 5.53. The van der Waals surface area contributed by atoms with E-state index >= 15 is 0 Å². The molecule has 0 amide bonds. The van der Waals surface area contributed by atoms with Gasteiger partial charge in [-0.1, -0.05) is 77.2 Å². The summed E-state index contributed by atoms with van der Waals surface area (Å²) in [6.07, 6.45) is 18.4. The molecule has 0 N–H and O–H groups in total. The van der Waals surface area contributed by atoms with Crippen molar-refractivity contribution in [2.24, 2.45) is 5.92 Å². The first-order valence-corrected chi connectivity index (χ1v) is 7.91. The second-order valence-corrected chi connectivity index (χ2v) is 5.39. The summed E-state index contributed by atoms with van der Waals surface area (Å²) in [6.45, 7) is 5.95. The van der Waals surface area contributed by atoms with Crippen LogP contribution in [0.2, 0.25) is 0 Å². The third-order valence-electron chi connectivity index (χ3n) is 3.59. The van der Waals surface area contributed by atoms with E-state index in [4.69, 9.17) is 0 Å². The SMILES string of the molecule is C=CCC(C=O)CCCCCCCCCCCC. The van der Waals surface area contributed by atoms with Crippen molar-refractivity contribution in [3.8, 4) is 0 Å². The van der Waals surface area contributed by atoms with Crippen molar-refractivity contribution in [2.45, 2.75) is 84.0 Å². The summed E-state index contributed by atoms with van der Waals surface area (Å²) in [6, 6.07) is 0. The summed E-state index contributed by atoms with van der Waals surface area (Å²) in [4.78, 5) is 10.7. The average Bonchev–Trinajstić information content (AvgIpc) is 2.39. The topological polar surface area (TPSA) is 17.1 Å². The van der Waals surface area contributed by atoms with Crippen LogP contribution in [-0.2, 0) is 4.79 Å². The Bertz CT molecular complexity index is 186. The molecule has 106 valence electrons. The monoisotopic (exact) mass is 252 g/mol. The zero-order valence-electron chi connectivity index (χ0n) is 12.3. The molecule has 1 nitrogen and oxygen atoms in total. The van der Waals surface area contributed by atoms with Crippen LogP contribution in [0.1, 0.15) is 84.0 Å². The summed E-state index contributed by atoms with van der Waals surface area (Å²) >= 11 is 0. The Morgan fingerprint density at radius 1 is 0.889 bits per heavy atom. The van der Waals surface area contributed by atoms with Crippen LogP contribution in [0.25, 0.3) is 0 Å². The lowest BCUT2D eigenvalue weighted by Crippen LogP contribution is -2.00. The van der Waals surface area contributed by atoms with E-state index in [0.29, 0.717) is 0 Å². The number of aldehydes is 1. The quantitative estimate of drug-likeness (QED) is 0.220. The Hall–Kier alpha value is -0.590. The lowest BCUT2D eigenvalue weighted by molar-refractivity contribution is -0.111. The van der Waals surface area contributed by atoms with Gasteiger partial charge in [0.05, 0.1) is 0 Å². The first kappa shape index (κ1) is 17.4. The van der Waals surface area contributed by atoms with Gasteiger partial charge in [0.25, 0.3) is 0 Å². The predicted octanol–water partition coefficient (Wildman–Crippen LogP) is 5.69. The second kappa shape index (κ2) is 14.5. The van der Waals surface area contributed by atoms with E-state index in [0.717, 1.165) is 19.1 Å². The van der Waals surface area contributed by atoms with Crippen molar-refractivity contribution in [3.05, 3.63) is 12.7 Å². The number of carbonyl (C=O) groups excluding carboxylic acids is 1. The van der Waals surface area contributed by atoms with Gasteiger partial charge in [-0.2, -0.15) is 0 Å². The number of unbranched alkanes of at least 4 members (excludes halogenated alkanes) is 9. The first-order chi connectivity index (χ1) is 8.85. The average molecular weight is 252 g/mol. The van der Waals surface area contributed by atoms with Gasteiger partial charge in [-0.25, -0.2) is 0 Å². The molecule has 0 aromatic heterocycles. The Kier molecular flexibility index (Phi) is 14.0. The molecule has 1 heteroatoms. The fourth-order valence-electron chi connectivity index (χ4n) is 2.35. The van der Waals surface area contributed by atoms with Gasteiger partial charge in [-0.05, 0) is 12.8 Å². The van der Waals surface area contributed by atoms with Crippen molar-refractivity contribution >= 4 is 6.29 Å². The van der Waals surface area contributed by atoms with Gasteiger partial charge >= 0.3 is 0 Å². The summed E-state index contributed by atoms with van der Waals surface area (Å²) in [7, 11) is 0. The number of rotatable bonds is 14. The second-order valence-electron chi connectivity index (χ2n) is 5.39. The highest BCUT2D eigenvalue weighted by Gasteiger charge is 2.03. The van der Waals surface area contributed by atoms with Crippen molar-refractivity contribution in [1.29, 1.82) is 0 Å². The molecular weight excluding hydrogens is 220 g/mol. The zero-order chi connectivity index (χ0) is 13.5. The number of allylic oxidation sites excluding steroid dienone is 1. The molecule has 0 spiro atoms. The van der Waals surface area contributed by atoms with Crippen molar-refractivity contribution in [1.82, 2.24) is 0 Å². The van der Waals surface area contributed by atoms with E-state index in [9.17, 15) is 4.79 Å². The van der Waals surface area contributed by atoms with Crippen LogP contribution in [-0.4, -0.2) is 6.29 Å². The number of carbonyl (C=O) groups is 1. The maximum atomic E-state index is 10.7. The summed E-state index contributed by atoms with van der Waals surface area (Å²) in [5.74, 6) is 0.219. The van der Waals surface area contributed by atoms with E-state index in [2.05, 4.69) is 13.5 Å². The maximum absolute atomic E-state index is 10.7. The Labute approximate surface area is 114 Å². The summed E-state index contributed by atoms with van der Waals surface area (Å²) in [5, 5.41) is 0. The Morgan fingerprint density at radius 2 is 1.39 bits per heavy atom. The van der Waals surface area contributed by atoms with Crippen molar-refractivity contribution in [3.63, 3.8) is 0 Å². The fraction of sp³-hybridized carbons (Fsp3) is 0.824. The molecule has 0 aliphatic carbocycles. The molecule has 1 unspecified atom stereocenters. The van der Waals surface area contributed by atoms with E-state index < -0.39 is 0 Å². The first-order valence-electron chi connectivity index (χ1n) is 7.91. The van der Waals surface area contributed by atoms with Gasteiger partial charge < -0.3 is 4.79 Å². The summed E-state index contributed by atoms with van der Waals surface area (Å²) in [5.41, 5.74) is 0. The highest BCUT2D eigenvalue weighted by atomic mass is 16.1.